The van der Waals surface area contributed by atoms with E-state index in [0.29, 0.717) is 13.0 Å². The largest absolute Gasteiger partial charge is 0.395 e. The molecule has 0 aliphatic carbocycles. The molecule has 0 saturated heterocycles. The van der Waals surface area contributed by atoms with E-state index in [-0.39, 0.29) is 6.61 Å². The van der Waals surface area contributed by atoms with Gasteiger partial charge in [-0.3, -0.25) is 0 Å². The quantitative estimate of drug-likeness (QED) is 0.831. The van der Waals surface area contributed by atoms with Gasteiger partial charge in [-0.15, -0.1) is 0 Å². The third-order valence-corrected chi connectivity index (χ3v) is 2.79. The lowest BCUT2D eigenvalue weighted by molar-refractivity contribution is 0.174. The van der Waals surface area contributed by atoms with Crippen molar-refractivity contribution < 1.29 is 10.2 Å². The van der Waals surface area contributed by atoms with Gasteiger partial charge in [0.05, 0.1) is 12.7 Å². The maximum Gasteiger partial charge on any atom is 0.139 e. The zero-order valence-corrected chi connectivity index (χ0v) is 11.5. The molecule has 1 aromatic carbocycles. The molecule has 0 spiro atoms. The Kier molecular flexibility index (Phi) is 4.94. The van der Waals surface area contributed by atoms with Crippen LogP contribution >= 0.6 is 0 Å². The van der Waals surface area contributed by atoms with Crippen LogP contribution in [0.5, 0.6) is 0 Å². The summed E-state index contributed by atoms with van der Waals surface area (Å²) in [5, 5.41) is 18.2. The van der Waals surface area contributed by atoms with E-state index in [1.165, 1.54) is 0 Å². The van der Waals surface area contributed by atoms with Crippen LogP contribution in [0.1, 0.15) is 18.9 Å². The molecule has 1 aromatic heterocycles. The van der Waals surface area contributed by atoms with Crippen LogP contribution in [0, 0.1) is 11.8 Å². The lowest BCUT2D eigenvalue weighted by atomic mass is 10.1. The van der Waals surface area contributed by atoms with Crippen molar-refractivity contribution in [3.63, 3.8) is 0 Å². The maximum absolute atomic E-state index is 9.47. The standard InChI is InChI=1S/C16H18N2O2/c1-13(20)12-18-10-9-17-16(18)15-7-5-14(6-8-15)4-2-3-11-19/h5-10,13,19-20H,3,11-12H2,1H3. The molecule has 0 radical (unpaired) electrons. The van der Waals surface area contributed by atoms with Crippen LogP contribution in [0.25, 0.3) is 11.4 Å². The van der Waals surface area contributed by atoms with Crippen LogP contribution in [0.4, 0.5) is 0 Å². The number of hydrogen-bond donors (Lipinski definition) is 2. The first-order valence-corrected chi connectivity index (χ1v) is 6.60. The van der Waals surface area contributed by atoms with E-state index < -0.39 is 6.10 Å². The Morgan fingerprint density at radius 1 is 1.30 bits per heavy atom. The molecule has 0 fully saturated rings. The summed E-state index contributed by atoms with van der Waals surface area (Å²) in [7, 11) is 0. The molecule has 104 valence electrons. The molecule has 0 aliphatic rings. The van der Waals surface area contributed by atoms with E-state index in [2.05, 4.69) is 16.8 Å². The first-order chi connectivity index (χ1) is 9.70. The van der Waals surface area contributed by atoms with Gasteiger partial charge in [0, 0.05) is 36.5 Å². The fourth-order valence-electron chi connectivity index (χ4n) is 1.92. The highest BCUT2D eigenvalue weighted by molar-refractivity contribution is 5.57. The summed E-state index contributed by atoms with van der Waals surface area (Å²) in [5.74, 6) is 6.71. The van der Waals surface area contributed by atoms with Gasteiger partial charge in [0.2, 0.25) is 0 Å². The van der Waals surface area contributed by atoms with E-state index in [0.717, 1.165) is 17.0 Å². The molecule has 1 atom stereocenters. The van der Waals surface area contributed by atoms with Crippen molar-refractivity contribution in [3.05, 3.63) is 42.2 Å². The Bertz CT molecular complexity index is 603. The average Bonchev–Trinajstić information content (AvgIpc) is 2.87. The number of rotatable bonds is 4. The molecule has 1 unspecified atom stereocenters. The number of imidazole rings is 1. The van der Waals surface area contributed by atoms with E-state index in [4.69, 9.17) is 5.11 Å². The second-order valence-corrected chi connectivity index (χ2v) is 4.60. The molecule has 0 saturated carbocycles. The highest BCUT2D eigenvalue weighted by Crippen LogP contribution is 2.18. The van der Waals surface area contributed by atoms with Crippen molar-refractivity contribution in [3.8, 4) is 23.2 Å². The summed E-state index contributed by atoms with van der Waals surface area (Å²) in [6.45, 7) is 2.36. The number of hydrogen-bond acceptors (Lipinski definition) is 3. The lowest BCUT2D eigenvalue weighted by Gasteiger charge is -2.09. The number of aromatic nitrogens is 2. The van der Waals surface area contributed by atoms with Gasteiger partial charge in [-0.25, -0.2) is 4.98 Å². The van der Waals surface area contributed by atoms with Gasteiger partial charge in [0.1, 0.15) is 5.82 Å². The van der Waals surface area contributed by atoms with Gasteiger partial charge in [0.15, 0.2) is 0 Å². The molecule has 4 heteroatoms. The monoisotopic (exact) mass is 270 g/mol. The minimum absolute atomic E-state index is 0.0852. The normalized spacial score (nSPS) is 11.8. The smallest absolute Gasteiger partial charge is 0.139 e. The summed E-state index contributed by atoms with van der Waals surface area (Å²) in [4.78, 5) is 4.33. The molecule has 4 nitrogen and oxygen atoms in total. The predicted molar refractivity (Wildman–Crippen MR) is 77.9 cm³/mol. The molecule has 0 amide bonds. The molecule has 2 rings (SSSR count). The molecule has 2 N–H and O–H groups in total. The van der Waals surface area contributed by atoms with Crippen molar-refractivity contribution >= 4 is 0 Å². The number of nitrogens with zero attached hydrogens (tertiary/aromatic N) is 2. The van der Waals surface area contributed by atoms with Gasteiger partial charge in [-0.1, -0.05) is 24.0 Å². The maximum atomic E-state index is 9.47. The Morgan fingerprint density at radius 2 is 2.05 bits per heavy atom. The molecule has 0 aliphatic heterocycles. The zero-order valence-electron chi connectivity index (χ0n) is 11.5. The Hall–Kier alpha value is -2.09. The van der Waals surface area contributed by atoms with Crippen LogP contribution in [0.15, 0.2) is 36.7 Å². The zero-order chi connectivity index (χ0) is 14.4. The Balaban J connectivity index is 2.18. The Labute approximate surface area is 118 Å². The lowest BCUT2D eigenvalue weighted by Crippen LogP contribution is -2.11. The topological polar surface area (TPSA) is 58.3 Å². The van der Waals surface area contributed by atoms with E-state index in [1.54, 1.807) is 13.1 Å². The summed E-state index contributed by atoms with van der Waals surface area (Å²) in [5.41, 5.74) is 1.90. The van der Waals surface area contributed by atoms with Crippen LogP contribution in [-0.2, 0) is 6.54 Å². The molecule has 1 heterocycles. The van der Waals surface area contributed by atoms with Gasteiger partial charge >= 0.3 is 0 Å². The van der Waals surface area contributed by atoms with Crippen molar-refractivity contribution in [2.45, 2.75) is 26.0 Å². The minimum atomic E-state index is -0.411. The van der Waals surface area contributed by atoms with Crippen LogP contribution in [0.2, 0.25) is 0 Å². The van der Waals surface area contributed by atoms with E-state index >= 15 is 0 Å². The molecule has 2 aromatic rings. The fourth-order valence-corrected chi connectivity index (χ4v) is 1.92. The molecular weight excluding hydrogens is 252 g/mol. The highest BCUT2D eigenvalue weighted by Gasteiger charge is 2.07. The summed E-state index contributed by atoms with van der Waals surface area (Å²) >= 11 is 0. The van der Waals surface area contributed by atoms with Gasteiger partial charge < -0.3 is 14.8 Å². The van der Waals surface area contributed by atoms with Gasteiger partial charge in [-0.2, -0.15) is 0 Å². The van der Waals surface area contributed by atoms with Crippen molar-refractivity contribution in [1.29, 1.82) is 0 Å². The van der Waals surface area contributed by atoms with Crippen molar-refractivity contribution in [2.24, 2.45) is 0 Å². The summed E-state index contributed by atoms with van der Waals surface area (Å²) in [6, 6.07) is 7.79. The number of aliphatic hydroxyl groups is 2. The second kappa shape index (κ2) is 6.90. The molecule has 20 heavy (non-hydrogen) atoms. The van der Waals surface area contributed by atoms with Crippen molar-refractivity contribution in [1.82, 2.24) is 9.55 Å². The predicted octanol–water partition coefficient (Wildman–Crippen LogP) is 1.66. The summed E-state index contributed by atoms with van der Waals surface area (Å²) < 4.78 is 1.93. The van der Waals surface area contributed by atoms with E-state index in [1.807, 2.05) is 35.0 Å². The first-order valence-electron chi connectivity index (χ1n) is 6.60. The van der Waals surface area contributed by atoms with Crippen LogP contribution in [0.3, 0.4) is 0 Å². The second-order valence-electron chi connectivity index (χ2n) is 4.60. The third-order valence-electron chi connectivity index (χ3n) is 2.79. The number of benzene rings is 1. The van der Waals surface area contributed by atoms with Crippen molar-refractivity contribution in [2.75, 3.05) is 6.61 Å². The minimum Gasteiger partial charge on any atom is -0.395 e. The number of aliphatic hydroxyl groups excluding tert-OH is 2. The molecular formula is C16H18N2O2. The Morgan fingerprint density at radius 3 is 2.70 bits per heavy atom. The highest BCUT2D eigenvalue weighted by atomic mass is 16.3. The fraction of sp³-hybridized carbons (Fsp3) is 0.312. The van der Waals surface area contributed by atoms with Gasteiger partial charge in [-0.05, 0) is 19.1 Å². The summed E-state index contributed by atoms with van der Waals surface area (Å²) in [6.07, 6.45) is 3.66. The molecule has 0 bridgehead atoms. The average molecular weight is 270 g/mol. The van der Waals surface area contributed by atoms with Crippen LogP contribution < -0.4 is 0 Å². The van der Waals surface area contributed by atoms with Crippen LogP contribution in [-0.4, -0.2) is 32.5 Å². The SMILES string of the molecule is CC(O)Cn1ccnc1-c1ccc(C#CCCO)cc1. The van der Waals surface area contributed by atoms with E-state index in [9.17, 15) is 5.11 Å². The first kappa shape index (κ1) is 14.3. The van der Waals surface area contributed by atoms with Gasteiger partial charge in [0.25, 0.3) is 0 Å². The third kappa shape index (κ3) is 3.70.